The van der Waals surface area contributed by atoms with Crippen LogP contribution in [0.5, 0.6) is 0 Å². The number of aliphatic hydroxyl groups excluding tert-OH is 1. The molecule has 1 heterocycles. The van der Waals surface area contributed by atoms with Crippen molar-refractivity contribution in [2.24, 2.45) is 52.3 Å². The van der Waals surface area contributed by atoms with Gasteiger partial charge in [-0.1, -0.05) is 13.8 Å². The summed E-state index contributed by atoms with van der Waals surface area (Å²) >= 11 is 0. The lowest BCUT2D eigenvalue weighted by molar-refractivity contribution is -0.242. The van der Waals surface area contributed by atoms with Crippen molar-refractivity contribution in [1.82, 2.24) is 0 Å². The molecule has 0 aromatic heterocycles. The van der Waals surface area contributed by atoms with E-state index in [0.717, 1.165) is 50.0 Å². The zero-order chi connectivity index (χ0) is 23.5. The molecule has 13 atom stereocenters. The van der Waals surface area contributed by atoms with E-state index in [0.29, 0.717) is 43.3 Å². The minimum Gasteiger partial charge on any atom is -0.393 e. The van der Waals surface area contributed by atoms with E-state index in [4.69, 9.17) is 14.2 Å². The third-order valence-electron chi connectivity index (χ3n) is 13.0. The average Bonchev–Trinajstić information content (AvgIpc) is 3.72. The molecule has 1 aliphatic heterocycles. The molecule has 1 saturated heterocycles. The molecule has 34 heavy (non-hydrogen) atoms. The Kier molecular flexibility index (Phi) is 5.02. The molecule has 0 spiro atoms. The smallest absolute Gasteiger partial charge is 0.157 e. The van der Waals surface area contributed by atoms with E-state index in [1.54, 1.807) is 0 Å². The fraction of sp³-hybridized carbons (Fsp3) is 1.00. The third-order valence-corrected chi connectivity index (χ3v) is 13.0. The molecule has 0 amide bonds. The van der Waals surface area contributed by atoms with Gasteiger partial charge in [0.05, 0.1) is 30.5 Å². The second-order valence-electron chi connectivity index (χ2n) is 14.0. The van der Waals surface area contributed by atoms with Gasteiger partial charge in [-0.3, -0.25) is 0 Å². The van der Waals surface area contributed by atoms with Crippen LogP contribution < -0.4 is 0 Å². The summed E-state index contributed by atoms with van der Waals surface area (Å²) in [6.07, 6.45) is 10.4. The van der Waals surface area contributed by atoms with Gasteiger partial charge in [0.2, 0.25) is 0 Å². The first-order chi connectivity index (χ1) is 16.2. The van der Waals surface area contributed by atoms with Crippen LogP contribution in [0.3, 0.4) is 0 Å². The van der Waals surface area contributed by atoms with Gasteiger partial charge in [-0.05, 0) is 117 Å². The van der Waals surface area contributed by atoms with Crippen molar-refractivity contribution in [3.63, 3.8) is 0 Å². The average molecular weight is 475 g/mol. The number of ether oxygens (including phenoxy) is 3. The monoisotopic (exact) mass is 474 g/mol. The molecule has 6 saturated carbocycles. The van der Waals surface area contributed by atoms with E-state index >= 15 is 0 Å². The molecule has 7 aliphatic rings. The maximum Gasteiger partial charge on any atom is 0.157 e. The molecule has 0 aromatic rings. The van der Waals surface area contributed by atoms with E-state index in [9.17, 15) is 10.2 Å². The fourth-order valence-electron chi connectivity index (χ4n) is 11.0. The number of hydrogen-bond acceptors (Lipinski definition) is 5. The van der Waals surface area contributed by atoms with Crippen LogP contribution in [0.2, 0.25) is 0 Å². The predicted molar refractivity (Wildman–Crippen MR) is 128 cm³/mol. The minimum absolute atomic E-state index is 0.0338. The molecule has 7 fully saturated rings. The van der Waals surface area contributed by atoms with Crippen LogP contribution in [0, 0.1) is 52.3 Å². The lowest BCUT2D eigenvalue weighted by atomic mass is 9.42. The summed E-state index contributed by atoms with van der Waals surface area (Å²) in [5.41, 5.74) is -0.528. The van der Waals surface area contributed by atoms with Crippen LogP contribution in [0.1, 0.15) is 85.0 Å². The molecule has 5 heteroatoms. The molecule has 0 radical (unpaired) electrons. The molecule has 6 aliphatic carbocycles. The highest BCUT2D eigenvalue weighted by Gasteiger charge is 2.80. The summed E-state index contributed by atoms with van der Waals surface area (Å²) in [7, 11) is 0. The summed E-state index contributed by atoms with van der Waals surface area (Å²) in [4.78, 5) is 0. The second kappa shape index (κ2) is 7.43. The topological polar surface area (TPSA) is 68.2 Å². The largest absolute Gasteiger partial charge is 0.393 e. The molecule has 0 bridgehead atoms. The van der Waals surface area contributed by atoms with Crippen LogP contribution >= 0.6 is 0 Å². The quantitative estimate of drug-likeness (QED) is 0.573. The lowest BCUT2D eigenvalue weighted by Gasteiger charge is -2.65. The molecule has 2 N–H and O–H groups in total. The van der Waals surface area contributed by atoms with Gasteiger partial charge in [0.1, 0.15) is 0 Å². The van der Waals surface area contributed by atoms with E-state index in [-0.39, 0.29) is 28.8 Å². The van der Waals surface area contributed by atoms with Crippen LogP contribution in [0.15, 0.2) is 0 Å². The van der Waals surface area contributed by atoms with Gasteiger partial charge in [-0.25, -0.2) is 0 Å². The molecule has 5 nitrogen and oxygen atoms in total. The maximum absolute atomic E-state index is 12.0. The highest BCUT2D eigenvalue weighted by atomic mass is 16.7. The molecule has 0 aromatic carbocycles. The Morgan fingerprint density at radius 2 is 1.68 bits per heavy atom. The lowest BCUT2D eigenvalue weighted by Crippen LogP contribution is -2.65. The Morgan fingerprint density at radius 3 is 2.47 bits per heavy atom. The molecular weight excluding hydrogens is 428 g/mol. The van der Waals surface area contributed by atoms with Gasteiger partial charge >= 0.3 is 0 Å². The number of hydrogen-bond donors (Lipinski definition) is 2. The summed E-state index contributed by atoms with van der Waals surface area (Å²) in [5.74, 6) is 4.62. The minimum atomic E-state index is -0.649. The van der Waals surface area contributed by atoms with Crippen LogP contribution in [0.4, 0.5) is 0 Å². The third kappa shape index (κ3) is 2.85. The van der Waals surface area contributed by atoms with E-state index in [2.05, 4.69) is 20.8 Å². The number of rotatable bonds is 5. The van der Waals surface area contributed by atoms with Crippen molar-refractivity contribution < 1.29 is 24.4 Å². The Hall–Kier alpha value is -0.200. The zero-order valence-corrected chi connectivity index (χ0v) is 21.5. The van der Waals surface area contributed by atoms with Crippen LogP contribution in [-0.2, 0) is 14.2 Å². The van der Waals surface area contributed by atoms with Gasteiger partial charge in [0.15, 0.2) is 6.29 Å². The number of fused-ring (bicyclic) bond motifs is 10. The molecule has 4 unspecified atom stereocenters. The van der Waals surface area contributed by atoms with Gasteiger partial charge < -0.3 is 24.4 Å². The van der Waals surface area contributed by atoms with Gasteiger partial charge in [-0.15, -0.1) is 0 Å². The van der Waals surface area contributed by atoms with Crippen molar-refractivity contribution in [1.29, 1.82) is 0 Å². The standard InChI is InChI=1S/C29H46O5/c1-26-9-7-17(30)16-29(26,31)22-14-18(22)24-20(26)8-10-27(2)25(24)19-15-21(19)28(27,3)34-13-12-33-23-6-4-5-11-32-23/h17-25,30-31H,4-16H2,1-3H3/t17-,18-,19+,20?,21-,22+,23?,24?,25?,26+,27-,28-,29+/m0/s1. The first kappa shape index (κ1) is 23.0. The SMILES string of the molecule is C[C@]12CCC3C(C1[C@@H]1C[C@@H]1[C@]2(C)OCCOC1CCCCO1)[C@H]1C[C@H]1[C@]1(O)C[C@@H](O)CC[C@]31C. The Bertz CT molecular complexity index is 827. The molecular formula is C29H46O5. The van der Waals surface area contributed by atoms with Crippen LogP contribution in [-0.4, -0.2) is 53.6 Å². The second-order valence-corrected chi connectivity index (χ2v) is 14.0. The normalized spacial score (nSPS) is 61.5. The summed E-state index contributed by atoms with van der Waals surface area (Å²) in [6, 6.07) is 0. The van der Waals surface area contributed by atoms with E-state index in [1.807, 2.05) is 0 Å². The first-order valence-electron chi connectivity index (χ1n) is 14.5. The van der Waals surface area contributed by atoms with Crippen molar-refractivity contribution >= 4 is 0 Å². The first-order valence-corrected chi connectivity index (χ1v) is 14.5. The Morgan fingerprint density at radius 1 is 0.882 bits per heavy atom. The Labute approximate surface area is 205 Å². The highest BCUT2D eigenvalue weighted by Crippen LogP contribution is 2.82. The summed E-state index contributed by atoms with van der Waals surface area (Å²) in [6.45, 7) is 9.49. The van der Waals surface area contributed by atoms with E-state index in [1.165, 1.54) is 32.1 Å². The molecule has 7 rings (SSSR count). The van der Waals surface area contributed by atoms with Crippen LogP contribution in [0.25, 0.3) is 0 Å². The van der Waals surface area contributed by atoms with Gasteiger partial charge in [-0.2, -0.15) is 0 Å². The summed E-state index contributed by atoms with van der Waals surface area (Å²) in [5, 5.41) is 22.5. The molecule has 192 valence electrons. The van der Waals surface area contributed by atoms with Crippen molar-refractivity contribution in [3.8, 4) is 0 Å². The predicted octanol–water partition coefficient (Wildman–Crippen LogP) is 4.54. The van der Waals surface area contributed by atoms with Crippen molar-refractivity contribution in [2.75, 3.05) is 19.8 Å². The Balaban J connectivity index is 1.10. The van der Waals surface area contributed by atoms with Crippen molar-refractivity contribution in [3.05, 3.63) is 0 Å². The van der Waals surface area contributed by atoms with Gasteiger partial charge in [0.25, 0.3) is 0 Å². The van der Waals surface area contributed by atoms with Gasteiger partial charge in [0, 0.05) is 13.0 Å². The summed E-state index contributed by atoms with van der Waals surface area (Å²) < 4.78 is 18.6. The van der Waals surface area contributed by atoms with Crippen molar-refractivity contribution in [2.45, 2.75) is 109 Å². The highest BCUT2D eigenvalue weighted by molar-refractivity contribution is 5.29. The maximum atomic E-state index is 12.0. The number of aliphatic hydroxyl groups is 2. The zero-order valence-electron chi connectivity index (χ0n) is 21.5. The fourth-order valence-corrected chi connectivity index (χ4v) is 11.0. The van der Waals surface area contributed by atoms with E-state index < -0.39 is 5.60 Å².